The van der Waals surface area contributed by atoms with E-state index in [1.807, 2.05) is 47.3 Å². The number of carbonyl (C=O) groups is 1. The number of amides is 1. The Balaban J connectivity index is 1.59. The molecule has 1 unspecified atom stereocenters. The van der Waals surface area contributed by atoms with Crippen LogP contribution in [0.15, 0.2) is 47.3 Å². The van der Waals surface area contributed by atoms with Crippen molar-refractivity contribution in [2.45, 2.75) is 12.5 Å². The molecule has 1 aromatic carbocycles. The number of hydrogen-bond acceptors (Lipinski definition) is 3. The summed E-state index contributed by atoms with van der Waals surface area (Å²) in [5.41, 5.74) is 2.83. The summed E-state index contributed by atoms with van der Waals surface area (Å²) in [7, 11) is 0. The summed E-state index contributed by atoms with van der Waals surface area (Å²) in [4.78, 5) is 15.1. The first-order chi connectivity index (χ1) is 10.2. The van der Waals surface area contributed by atoms with Crippen molar-refractivity contribution >= 4 is 28.1 Å². The van der Waals surface area contributed by atoms with Gasteiger partial charge in [0.05, 0.1) is 12.5 Å². The lowest BCUT2D eigenvalue weighted by Gasteiger charge is -2.10. The Kier molecular flexibility index (Phi) is 4.03. The van der Waals surface area contributed by atoms with E-state index >= 15 is 0 Å². The van der Waals surface area contributed by atoms with Gasteiger partial charge in [0.25, 0.3) is 0 Å². The van der Waals surface area contributed by atoms with Gasteiger partial charge in [0.1, 0.15) is 0 Å². The van der Waals surface area contributed by atoms with Gasteiger partial charge >= 0.3 is 0 Å². The van der Waals surface area contributed by atoms with E-state index in [-0.39, 0.29) is 12.5 Å². The molecule has 1 atom stereocenters. The maximum absolute atomic E-state index is 12.0. The average Bonchev–Trinajstić information content (AvgIpc) is 3.15. The molecule has 3 N–H and O–H groups in total. The second-order valence-corrected chi connectivity index (χ2v) is 5.69. The monoisotopic (exact) mass is 300 g/mol. The van der Waals surface area contributed by atoms with E-state index < -0.39 is 6.10 Å². The van der Waals surface area contributed by atoms with E-state index in [4.69, 9.17) is 0 Å². The van der Waals surface area contributed by atoms with Gasteiger partial charge in [0.15, 0.2) is 0 Å². The Morgan fingerprint density at radius 3 is 3.00 bits per heavy atom. The molecule has 0 aliphatic heterocycles. The molecule has 108 valence electrons. The van der Waals surface area contributed by atoms with Gasteiger partial charge in [-0.05, 0) is 34.0 Å². The molecule has 0 saturated carbocycles. The predicted molar refractivity (Wildman–Crippen MR) is 84.3 cm³/mol. The lowest BCUT2D eigenvalue weighted by molar-refractivity contribution is -0.120. The fourth-order valence-corrected chi connectivity index (χ4v) is 3.01. The number of fused-ring (bicyclic) bond motifs is 1. The standard InChI is InChI=1S/C16H16N2O2S/c19-15(11-5-6-21-10-11)9-18-16(20)7-12-8-17-14-4-2-1-3-13(12)14/h1-6,8,10,15,17,19H,7,9H2,(H,18,20). The number of benzene rings is 1. The molecular weight excluding hydrogens is 284 g/mol. The summed E-state index contributed by atoms with van der Waals surface area (Å²) in [6, 6.07) is 9.75. The van der Waals surface area contributed by atoms with Crippen molar-refractivity contribution in [3.8, 4) is 0 Å². The Morgan fingerprint density at radius 2 is 2.19 bits per heavy atom. The van der Waals surface area contributed by atoms with Crippen molar-refractivity contribution in [3.05, 3.63) is 58.4 Å². The van der Waals surface area contributed by atoms with E-state index in [0.29, 0.717) is 6.42 Å². The summed E-state index contributed by atoms with van der Waals surface area (Å²) in [5.74, 6) is -0.0889. The zero-order valence-corrected chi connectivity index (χ0v) is 12.2. The number of aliphatic hydroxyl groups is 1. The van der Waals surface area contributed by atoms with Crippen LogP contribution in [0, 0.1) is 0 Å². The number of carbonyl (C=O) groups excluding carboxylic acids is 1. The molecule has 0 spiro atoms. The number of para-hydroxylation sites is 1. The third-order valence-corrected chi connectivity index (χ3v) is 4.15. The van der Waals surface area contributed by atoms with Gasteiger partial charge in [-0.1, -0.05) is 18.2 Å². The maximum Gasteiger partial charge on any atom is 0.224 e. The van der Waals surface area contributed by atoms with Gasteiger partial charge < -0.3 is 15.4 Å². The summed E-state index contributed by atoms with van der Waals surface area (Å²) in [5, 5.41) is 17.6. The number of aromatic nitrogens is 1. The number of aliphatic hydroxyl groups excluding tert-OH is 1. The minimum atomic E-state index is -0.650. The van der Waals surface area contributed by atoms with Crippen molar-refractivity contribution in [2.24, 2.45) is 0 Å². The third kappa shape index (κ3) is 3.15. The molecule has 1 amide bonds. The highest BCUT2D eigenvalue weighted by atomic mass is 32.1. The molecular formula is C16H16N2O2S. The summed E-state index contributed by atoms with van der Waals surface area (Å²) in [6.07, 6.45) is 1.52. The molecule has 0 aliphatic rings. The van der Waals surface area contributed by atoms with Crippen LogP contribution in [0.5, 0.6) is 0 Å². The molecule has 21 heavy (non-hydrogen) atoms. The number of rotatable bonds is 5. The first-order valence-electron chi connectivity index (χ1n) is 6.76. The van der Waals surface area contributed by atoms with Crippen LogP contribution < -0.4 is 5.32 Å². The van der Waals surface area contributed by atoms with Crippen LogP contribution in [-0.2, 0) is 11.2 Å². The molecule has 0 fully saturated rings. The Morgan fingerprint density at radius 1 is 1.33 bits per heavy atom. The van der Waals surface area contributed by atoms with Crippen molar-refractivity contribution < 1.29 is 9.90 Å². The van der Waals surface area contributed by atoms with Crippen LogP contribution >= 0.6 is 11.3 Å². The lowest BCUT2D eigenvalue weighted by atomic mass is 10.1. The Bertz CT molecular complexity index is 734. The number of aromatic amines is 1. The molecule has 4 nitrogen and oxygen atoms in total. The quantitative estimate of drug-likeness (QED) is 0.678. The van der Waals surface area contributed by atoms with E-state index in [9.17, 15) is 9.90 Å². The first-order valence-corrected chi connectivity index (χ1v) is 7.70. The van der Waals surface area contributed by atoms with Crippen molar-refractivity contribution in [3.63, 3.8) is 0 Å². The van der Waals surface area contributed by atoms with Gasteiger partial charge in [-0.25, -0.2) is 0 Å². The van der Waals surface area contributed by atoms with Crippen molar-refractivity contribution in [2.75, 3.05) is 6.54 Å². The topological polar surface area (TPSA) is 65.1 Å². The minimum absolute atomic E-state index is 0.0889. The highest BCUT2D eigenvalue weighted by Gasteiger charge is 2.12. The summed E-state index contributed by atoms with van der Waals surface area (Å²) < 4.78 is 0. The zero-order chi connectivity index (χ0) is 14.7. The van der Waals surface area contributed by atoms with Crippen LogP contribution in [0.1, 0.15) is 17.2 Å². The normalized spacial score (nSPS) is 12.4. The van der Waals surface area contributed by atoms with Gasteiger partial charge in [-0.2, -0.15) is 11.3 Å². The van der Waals surface area contributed by atoms with Crippen LogP contribution in [0.3, 0.4) is 0 Å². The molecule has 3 aromatic rings. The second kappa shape index (κ2) is 6.11. The highest BCUT2D eigenvalue weighted by Crippen LogP contribution is 2.18. The molecule has 0 saturated heterocycles. The summed E-state index contributed by atoms with van der Waals surface area (Å²) >= 11 is 1.53. The smallest absolute Gasteiger partial charge is 0.224 e. The fourth-order valence-electron chi connectivity index (χ4n) is 2.31. The number of thiophene rings is 1. The van der Waals surface area contributed by atoms with Crippen LogP contribution in [0.2, 0.25) is 0 Å². The lowest BCUT2D eigenvalue weighted by Crippen LogP contribution is -2.29. The highest BCUT2D eigenvalue weighted by molar-refractivity contribution is 7.07. The molecule has 0 radical (unpaired) electrons. The predicted octanol–water partition coefficient (Wildman–Crippen LogP) is 2.62. The van der Waals surface area contributed by atoms with Crippen molar-refractivity contribution in [1.29, 1.82) is 0 Å². The van der Waals surface area contributed by atoms with Crippen molar-refractivity contribution in [1.82, 2.24) is 10.3 Å². The van der Waals surface area contributed by atoms with Gasteiger partial charge in [-0.15, -0.1) is 0 Å². The van der Waals surface area contributed by atoms with E-state index in [2.05, 4.69) is 10.3 Å². The maximum atomic E-state index is 12.0. The van der Waals surface area contributed by atoms with Crippen LogP contribution in [0.25, 0.3) is 10.9 Å². The van der Waals surface area contributed by atoms with Crippen LogP contribution in [0.4, 0.5) is 0 Å². The Labute approximate surface area is 126 Å². The molecule has 5 heteroatoms. The van der Waals surface area contributed by atoms with Gasteiger partial charge in [-0.3, -0.25) is 4.79 Å². The van der Waals surface area contributed by atoms with E-state index in [1.54, 1.807) is 0 Å². The first kappa shape index (κ1) is 13.9. The molecule has 2 heterocycles. The van der Waals surface area contributed by atoms with Gasteiger partial charge in [0.2, 0.25) is 5.91 Å². The number of H-pyrrole nitrogens is 1. The number of hydrogen-bond donors (Lipinski definition) is 3. The minimum Gasteiger partial charge on any atom is -0.387 e. The average molecular weight is 300 g/mol. The van der Waals surface area contributed by atoms with Crippen LogP contribution in [-0.4, -0.2) is 22.5 Å². The molecule has 0 aliphatic carbocycles. The zero-order valence-electron chi connectivity index (χ0n) is 11.4. The van der Waals surface area contributed by atoms with E-state index in [1.165, 1.54) is 11.3 Å². The largest absolute Gasteiger partial charge is 0.387 e. The molecule has 0 bridgehead atoms. The number of nitrogens with one attached hydrogen (secondary N) is 2. The van der Waals surface area contributed by atoms with E-state index in [0.717, 1.165) is 22.0 Å². The Hall–Kier alpha value is -2.11. The molecule has 2 aromatic heterocycles. The molecule has 3 rings (SSSR count). The van der Waals surface area contributed by atoms with Gasteiger partial charge in [0, 0.05) is 23.6 Å². The SMILES string of the molecule is O=C(Cc1c[nH]c2ccccc12)NCC(O)c1ccsc1. The second-order valence-electron chi connectivity index (χ2n) is 4.91. The fraction of sp³-hybridized carbons (Fsp3) is 0.188. The third-order valence-electron chi connectivity index (χ3n) is 3.45. The summed E-state index contributed by atoms with van der Waals surface area (Å²) in [6.45, 7) is 0.234.